The minimum atomic E-state index is -1.72. The second kappa shape index (κ2) is 7.60. The Morgan fingerprint density at radius 3 is 2.13 bits per heavy atom. The van der Waals surface area contributed by atoms with E-state index in [9.17, 15) is 19.6 Å². The van der Waals surface area contributed by atoms with Crippen LogP contribution in [0, 0.1) is 11.3 Å². The first-order valence-corrected chi connectivity index (χ1v) is 9.72. The number of nitrogen functional groups attached to an aromatic ring is 1. The summed E-state index contributed by atoms with van der Waals surface area (Å²) in [7, 11) is 0. The van der Waals surface area contributed by atoms with Crippen molar-refractivity contribution >= 4 is 23.4 Å². The number of ketones is 2. The number of hydrogen-bond donors (Lipinski definition) is 4. The normalized spacial score (nSPS) is 22.0. The Morgan fingerprint density at radius 1 is 1.10 bits per heavy atom. The number of carbonyl (C=O) groups excluding carboxylic acids is 2. The summed E-state index contributed by atoms with van der Waals surface area (Å²) in [5, 5.41) is 27.6. The predicted octanol–water partition coefficient (Wildman–Crippen LogP) is 1.46. The van der Waals surface area contributed by atoms with Crippen LogP contribution in [0.1, 0.15) is 18.4 Å². The van der Waals surface area contributed by atoms with E-state index in [0.717, 1.165) is 11.1 Å². The molecule has 4 rings (SSSR count). The van der Waals surface area contributed by atoms with Crippen LogP contribution < -0.4 is 10.5 Å². The highest BCUT2D eigenvalue weighted by Gasteiger charge is 2.77. The average Bonchev–Trinajstić information content (AvgIpc) is 3.18. The number of ether oxygens (including phenoxy) is 1. The van der Waals surface area contributed by atoms with Gasteiger partial charge in [-0.3, -0.25) is 19.8 Å². The molecule has 1 spiro atoms. The van der Waals surface area contributed by atoms with Crippen LogP contribution in [0.5, 0.6) is 5.75 Å². The smallest absolute Gasteiger partial charge is 0.303 e. The molecule has 2 atom stereocenters. The van der Waals surface area contributed by atoms with Gasteiger partial charge in [0, 0.05) is 11.5 Å². The van der Waals surface area contributed by atoms with Gasteiger partial charge in [-0.15, -0.1) is 0 Å². The fourth-order valence-corrected chi connectivity index (χ4v) is 4.25. The van der Waals surface area contributed by atoms with Gasteiger partial charge in [0.1, 0.15) is 18.2 Å². The van der Waals surface area contributed by atoms with Crippen molar-refractivity contribution in [3.8, 4) is 16.9 Å². The van der Waals surface area contributed by atoms with E-state index in [1.54, 1.807) is 24.3 Å². The first-order chi connectivity index (χ1) is 14.7. The maximum absolute atomic E-state index is 11.9. The van der Waals surface area contributed by atoms with Crippen molar-refractivity contribution in [2.24, 2.45) is 11.7 Å². The van der Waals surface area contributed by atoms with E-state index in [0.29, 0.717) is 16.4 Å². The van der Waals surface area contributed by atoms with Crippen LogP contribution in [0.15, 0.2) is 48.5 Å². The molecule has 1 aliphatic heterocycles. The number of hydrogen-bond acceptors (Lipinski definition) is 7. The van der Waals surface area contributed by atoms with E-state index in [4.69, 9.17) is 21.0 Å². The Hall–Kier alpha value is -3.56. The molecule has 5 N–H and O–H groups in total. The van der Waals surface area contributed by atoms with E-state index in [1.165, 1.54) is 0 Å². The van der Waals surface area contributed by atoms with Crippen LogP contribution in [-0.2, 0) is 14.4 Å². The van der Waals surface area contributed by atoms with Gasteiger partial charge in [-0.2, -0.15) is 5.06 Å². The molecule has 0 bridgehead atoms. The lowest BCUT2D eigenvalue weighted by Gasteiger charge is -2.21. The molecule has 2 fully saturated rings. The number of aliphatic carboxylic acids is 1. The van der Waals surface area contributed by atoms with Crippen LogP contribution in [-0.4, -0.2) is 56.9 Å². The molecule has 9 heteroatoms. The summed E-state index contributed by atoms with van der Waals surface area (Å²) in [6.45, 7) is 0.00157. The molecule has 2 aliphatic rings. The summed E-state index contributed by atoms with van der Waals surface area (Å²) < 4.78 is 5.73. The van der Waals surface area contributed by atoms with Crippen molar-refractivity contribution in [2.45, 2.75) is 24.4 Å². The number of amidine groups is 1. The molecular formula is C22H21N3O6. The van der Waals surface area contributed by atoms with Gasteiger partial charge >= 0.3 is 5.97 Å². The van der Waals surface area contributed by atoms with Gasteiger partial charge in [0.15, 0.2) is 5.54 Å². The molecule has 160 valence electrons. The number of hydroxylamine groups is 2. The SMILES string of the molecule is N=C(N)c1ccc(-c2ccc(OC[C@@H]3C[C@@H](CC(=O)O)C4(C(=O)C4=O)N3O)cc2)cc1. The molecule has 1 saturated carbocycles. The molecule has 0 amide bonds. The predicted molar refractivity (Wildman–Crippen MR) is 109 cm³/mol. The van der Waals surface area contributed by atoms with Crippen molar-refractivity contribution in [3.63, 3.8) is 0 Å². The molecule has 1 saturated heterocycles. The van der Waals surface area contributed by atoms with E-state index < -0.39 is 35.0 Å². The van der Waals surface area contributed by atoms with Crippen molar-refractivity contribution < 1.29 is 29.4 Å². The number of nitrogens with one attached hydrogen (secondary N) is 1. The lowest BCUT2D eigenvalue weighted by atomic mass is 9.93. The van der Waals surface area contributed by atoms with Crippen molar-refractivity contribution in [1.29, 1.82) is 5.41 Å². The second-order valence-corrected chi connectivity index (χ2v) is 7.78. The third-order valence-corrected chi connectivity index (χ3v) is 5.94. The highest BCUT2D eigenvalue weighted by atomic mass is 16.5. The third-order valence-electron chi connectivity index (χ3n) is 5.94. The minimum Gasteiger partial charge on any atom is -0.492 e. The Kier molecular flexibility index (Phi) is 5.08. The Morgan fingerprint density at radius 2 is 1.65 bits per heavy atom. The maximum Gasteiger partial charge on any atom is 0.303 e. The van der Waals surface area contributed by atoms with Gasteiger partial charge in [-0.05, 0) is 29.7 Å². The van der Waals surface area contributed by atoms with E-state index in [-0.39, 0.29) is 25.3 Å². The summed E-state index contributed by atoms with van der Waals surface area (Å²) in [4.78, 5) is 34.9. The van der Waals surface area contributed by atoms with Gasteiger partial charge in [0.25, 0.3) is 0 Å². The molecule has 31 heavy (non-hydrogen) atoms. The third kappa shape index (κ3) is 3.47. The van der Waals surface area contributed by atoms with E-state index >= 15 is 0 Å². The number of carbonyl (C=O) groups is 3. The van der Waals surface area contributed by atoms with Gasteiger partial charge in [-0.1, -0.05) is 36.4 Å². The summed E-state index contributed by atoms with van der Waals surface area (Å²) in [5.41, 5.74) is 6.26. The quantitative estimate of drug-likeness (QED) is 0.226. The monoisotopic (exact) mass is 423 g/mol. The lowest BCUT2D eigenvalue weighted by Crippen LogP contribution is -2.42. The lowest BCUT2D eigenvalue weighted by molar-refractivity contribution is -0.164. The number of benzene rings is 2. The van der Waals surface area contributed by atoms with Gasteiger partial charge in [-0.25, -0.2) is 0 Å². The molecule has 2 aromatic carbocycles. The van der Waals surface area contributed by atoms with Crippen LogP contribution in [0.2, 0.25) is 0 Å². The first kappa shape index (κ1) is 20.7. The zero-order valence-corrected chi connectivity index (χ0v) is 16.4. The molecule has 0 unspecified atom stereocenters. The number of Topliss-reactive ketones (excluding diaryl/α,β-unsaturated/α-hetero) is 2. The van der Waals surface area contributed by atoms with Crippen molar-refractivity contribution in [2.75, 3.05) is 6.61 Å². The molecule has 2 aromatic rings. The first-order valence-electron chi connectivity index (χ1n) is 9.72. The standard InChI is InChI=1S/C22H21N3O6/c23-21(24)14-3-1-12(2-4-14)13-5-7-17(8-6-13)31-11-16-9-15(10-18(26)27)22(25(16)30)19(28)20(22)29/h1-8,15-16,30H,9-11H2,(H3,23,24)(H,26,27)/t15-,16-/m0/s1. The molecule has 1 heterocycles. The van der Waals surface area contributed by atoms with Gasteiger partial charge in [0.05, 0.1) is 12.5 Å². The largest absolute Gasteiger partial charge is 0.492 e. The molecular weight excluding hydrogens is 402 g/mol. The second-order valence-electron chi connectivity index (χ2n) is 7.78. The molecule has 9 nitrogen and oxygen atoms in total. The topological polar surface area (TPSA) is 154 Å². The zero-order chi connectivity index (χ0) is 22.3. The number of carboxylic acid groups (broad SMARTS) is 1. The van der Waals surface area contributed by atoms with E-state index in [2.05, 4.69) is 0 Å². The van der Waals surface area contributed by atoms with E-state index in [1.807, 2.05) is 24.3 Å². The number of rotatable bonds is 7. The van der Waals surface area contributed by atoms with Gasteiger partial charge in [0.2, 0.25) is 11.6 Å². The average molecular weight is 423 g/mol. The maximum atomic E-state index is 11.9. The minimum absolute atomic E-state index is 0.00157. The number of carboxylic acids is 1. The van der Waals surface area contributed by atoms with Crippen LogP contribution in [0.4, 0.5) is 0 Å². The molecule has 0 aromatic heterocycles. The summed E-state index contributed by atoms with van der Waals surface area (Å²) in [6, 6.07) is 13.8. The van der Waals surface area contributed by atoms with Crippen LogP contribution in [0.25, 0.3) is 11.1 Å². The highest BCUT2D eigenvalue weighted by Crippen LogP contribution is 2.50. The Balaban J connectivity index is 1.41. The van der Waals surface area contributed by atoms with Gasteiger partial charge < -0.3 is 20.8 Å². The zero-order valence-electron chi connectivity index (χ0n) is 16.4. The van der Waals surface area contributed by atoms with Crippen molar-refractivity contribution in [3.05, 3.63) is 54.1 Å². The fraction of sp³-hybridized carbons (Fsp3) is 0.273. The van der Waals surface area contributed by atoms with Crippen LogP contribution in [0.3, 0.4) is 0 Å². The molecule has 0 radical (unpaired) electrons. The molecule has 1 aliphatic carbocycles. The Bertz CT molecular complexity index is 1050. The van der Waals surface area contributed by atoms with Crippen molar-refractivity contribution in [1.82, 2.24) is 5.06 Å². The summed E-state index contributed by atoms with van der Waals surface area (Å²) in [6.07, 6.45) is -0.205. The highest BCUT2D eigenvalue weighted by molar-refractivity contribution is 6.67. The Labute approximate surface area is 177 Å². The number of nitrogens with two attached hydrogens (primary N) is 1. The fourth-order valence-electron chi connectivity index (χ4n) is 4.25. The summed E-state index contributed by atoms with van der Waals surface area (Å²) in [5.74, 6) is -2.86. The summed E-state index contributed by atoms with van der Waals surface area (Å²) >= 11 is 0. The number of nitrogens with zero attached hydrogens (tertiary/aromatic N) is 1. The van der Waals surface area contributed by atoms with Crippen LogP contribution >= 0.6 is 0 Å².